The highest BCUT2D eigenvalue weighted by molar-refractivity contribution is 5.74. The molecule has 0 unspecified atom stereocenters. The van der Waals surface area contributed by atoms with Gasteiger partial charge in [0.2, 0.25) is 0 Å². The highest BCUT2D eigenvalue weighted by Crippen LogP contribution is 2.34. The Labute approximate surface area is 111 Å². The lowest BCUT2D eigenvalue weighted by Crippen LogP contribution is -2.00. The largest absolute Gasteiger partial charge is 0.496 e. The Kier molecular flexibility index (Phi) is 3.48. The average molecular weight is 256 g/mol. The Bertz CT molecular complexity index is 675. The fourth-order valence-electron chi connectivity index (χ4n) is 2.06. The molecular formula is C15H13FN2O. The topological polar surface area (TPSA) is 45.9 Å². The number of nitrogens with zero attached hydrogens (tertiary/aromatic N) is 2. The Morgan fingerprint density at radius 2 is 2.05 bits per heavy atom. The fraction of sp³-hybridized carbons (Fsp3) is 0.200. The van der Waals surface area contributed by atoms with Crippen molar-refractivity contribution in [1.29, 1.82) is 5.26 Å². The molecule has 3 nitrogen and oxygen atoms in total. The summed E-state index contributed by atoms with van der Waals surface area (Å²) in [5.74, 6) is -0.0812. The summed E-state index contributed by atoms with van der Waals surface area (Å²) < 4.78 is 19.2. The molecule has 0 aliphatic carbocycles. The van der Waals surface area contributed by atoms with E-state index in [4.69, 9.17) is 4.74 Å². The molecule has 0 saturated heterocycles. The van der Waals surface area contributed by atoms with E-state index in [0.29, 0.717) is 17.0 Å². The Morgan fingerprint density at radius 1 is 1.32 bits per heavy atom. The van der Waals surface area contributed by atoms with E-state index in [9.17, 15) is 9.65 Å². The summed E-state index contributed by atoms with van der Waals surface area (Å²) in [6, 6.07) is 8.43. The van der Waals surface area contributed by atoms with E-state index in [1.54, 1.807) is 18.2 Å². The minimum atomic E-state index is -0.451. The number of ether oxygens (including phenoxy) is 1. The van der Waals surface area contributed by atoms with Crippen LogP contribution in [0.5, 0.6) is 5.75 Å². The Hall–Kier alpha value is -2.41. The fourth-order valence-corrected chi connectivity index (χ4v) is 2.06. The van der Waals surface area contributed by atoms with Gasteiger partial charge in [0.15, 0.2) is 0 Å². The van der Waals surface area contributed by atoms with Crippen LogP contribution in [0.2, 0.25) is 0 Å². The van der Waals surface area contributed by atoms with Crippen molar-refractivity contribution in [3.63, 3.8) is 0 Å². The Morgan fingerprint density at radius 3 is 2.68 bits per heavy atom. The van der Waals surface area contributed by atoms with E-state index in [1.165, 1.54) is 13.2 Å². The predicted octanol–water partition coefficient (Wildman–Crippen LogP) is 3.38. The first-order valence-electron chi connectivity index (χ1n) is 5.79. The molecule has 1 aromatic carbocycles. The number of hydrogen-bond donors (Lipinski definition) is 0. The molecule has 0 aliphatic rings. The molecule has 1 aromatic heterocycles. The van der Waals surface area contributed by atoms with Gasteiger partial charge in [-0.25, -0.2) is 4.39 Å². The maximum atomic E-state index is 14.1. The Balaban J connectivity index is 2.83. The molecule has 0 radical (unpaired) electrons. The lowest BCUT2D eigenvalue weighted by atomic mass is 10.0. The van der Waals surface area contributed by atoms with Crippen LogP contribution in [-0.2, 0) is 0 Å². The van der Waals surface area contributed by atoms with E-state index in [-0.39, 0.29) is 5.56 Å². The van der Waals surface area contributed by atoms with E-state index in [2.05, 4.69) is 11.1 Å². The second-order valence-electron chi connectivity index (χ2n) is 4.23. The van der Waals surface area contributed by atoms with Gasteiger partial charge in [0.05, 0.1) is 23.9 Å². The maximum absolute atomic E-state index is 14.1. The number of hydrogen-bond acceptors (Lipinski definition) is 3. The smallest absolute Gasteiger partial charge is 0.136 e. The average Bonchev–Trinajstić information content (AvgIpc) is 2.37. The van der Waals surface area contributed by atoms with Gasteiger partial charge in [0.25, 0.3) is 0 Å². The number of pyridine rings is 1. The molecule has 96 valence electrons. The van der Waals surface area contributed by atoms with E-state index >= 15 is 0 Å². The molecule has 0 N–H and O–H groups in total. The molecule has 1 heterocycles. The van der Waals surface area contributed by atoms with Crippen molar-refractivity contribution in [2.75, 3.05) is 7.11 Å². The van der Waals surface area contributed by atoms with Crippen LogP contribution < -0.4 is 4.74 Å². The second kappa shape index (κ2) is 5.07. The first-order valence-corrected chi connectivity index (χ1v) is 5.79. The van der Waals surface area contributed by atoms with Crippen molar-refractivity contribution in [3.8, 4) is 23.1 Å². The zero-order chi connectivity index (χ0) is 14.0. The molecule has 0 spiro atoms. The van der Waals surface area contributed by atoms with Gasteiger partial charge in [0, 0.05) is 5.69 Å². The number of halogens is 1. The number of rotatable bonds is 2. The van der Waals surface area contributed by atoms with Crippen LogP contribution in [0.25, 0.3) is 11.3 Å². The molecule has 0 fully saturated rings. The van der Waals surface area contributed by atoms with Crippen molar-refractivity contribution in [1.82, 2.24) is 4.98 Å². The highest BCUT2D eigenvalue weighted by atomic mass is 19.1. The predicted molar refractivity (Wildman–Crippen MR) is 70.4 cm³/mol. The summed E-state index contributed by atoms with van der Waals surface area (Å²) in [5, 5.41) is 9.25. The van der Waals surface area contributed by atoms with Crippen molar-refractivity contribution >= 4 is 0 Å². The molecule has 2 rings (SSSR count). The van der Waals surface area contributed by atoms with Gasteiger partial charge in [-0.3, -0.25) is 4.98 Å². The van der Waals surface area contributed by atoms with E-state index < -0.39 is 5.82 Å². The minimum absolute atomic E-state index is 0.230. The number of nitriles is 1. The van der Waals surface area contributed by atoms with Crippen molar-refractivity contribution in [2.24, 2.45) is 0 Å². The van der Waals surface area contributed by atoms with Crippen molar-refractivity contribution < 1.29 is 9.13 Å². The van der Waals surface area contributed by atoms with Gasteiger partial charge in [0.1, 0.15) is 17.6 Å². The first-order chi connectivity index (χ1) is 9.08. The number of aromatic nitrogens is 1. The minimum Gasteiger partial charge on any atom is -0.496 e. The van der Waals surface area contributed by atoms with Crippen LogP contribution >= 0.6 is 0 Å². The summed E-state index contributed by atoms with van der Waals surface area (Å²) in [6.45, 7) is 3.62. The van der Waals surface area contributed by atoms with Crippen LogP contribution in [0.3, 0.4) is 0 Å². The molecule has 0 aliphatic heterocycles. The third kappa shape index (κ3) is 2.27. The highest BCUT2D eigenvalue weighted by Gasteiger charge is 2.18. The lowest BCUT2D eigenvalue weighted by molar-refractivity contribution is 0.413. The number of aryl methyl sites for hydroxylation is 2. The molecule has 4 heteroatoms. The molecule has 0 amide bonds. The molecule has 2 aromatic rings. The molecule has 0 atom stereocenters. The van der Waals surface area contributed by atoms with Gasteiger partial charge in [-0.15, -0.1) is 0 Å². The summed E-state index contributed by atoms with van der Waals surface area (Å²) in [7, 11) is 1.47. The monoisotopic (exact) mass is 256 g/mol. The van der Waals surface area contributed by atoms with Crippen LogP contribution in [0.15, 0.2) is 24.3 Å². The number of methoxy groups -OCH3 is 1. The van der Waals surface area contributed by atoms with Crippen LogP contribution in [0, 0.1) is 31.0 Å². The summed E-state index contributed by atoms with van der Waals surface area (Å²) >= 11 is 0. The normalized spacial score (nSPS) is 10.1. The first kappa shape index (κ1) is 13.0. The zero-order valence-corrected chi connectivity index (χ0v) is 11.0. The van der Waals surface area contributed by atoms with E-state index in [1.807, 2.05) is 13.8 Å². The van der Waals surface area contributed by atoms with Gasteiger partial charge >= 0.3 is 0 Å². The number of benzene rings is 1. The summed E-state index contributed by atoms with van der Waals surface area (Å²) in [4.78, 5) is 4.30. The zero-order valence-electron chi connectivity index (χ0n) is 11.0. The van der Waals surface area contributed by atoms with Gasteiger partial charge < -0.3 is 4.74 Å². The SMILES string of the molecule is COc1cccc(F)c1-c1nc(C)cc(C)c1C#N. The lowest BCUT2D eigenvalue weighted by Gasteiger charge is -2.12. The third-order valence-electron chi connectivity index (χ3n) is 2.89. The summed E-state index contributed by atoms with van der Waals surface area (Å²) in [5.41, 5.74) is 2.43. The van der Waals surface area contributed by atoms with Gasteiger partial charge in [-0.1, -0.05) is 6.07 Å². The summed E-state index contributed by atoms with van der Waals surface area (Å²) in [6.07, 6.45) is 0. The molecular weight excluding hydrogens is 243 g/mol. The maximum Gasteiger partial charge on any atom is 0.136 e. The van der Waals surface area contributed by atoms with Gasteiger partial charge in [-0.2, -0.15) is 5.26 Å². The van der Waals surface area contributed by atoms with Crippen molar-refractivity contribution in [3.05, 3.63) is 46.9 Å². The third-order valence-corrected chi connectivity index (χ3v) is 2.89. The quantitative estimate of drug-likeness (QED) is 0.827. The molecule has 19 heavy (non-hydrogen) atoms. The van der Waals surface area contributed by atoms with E-state index in [0.717, 1.165) is 11.3 Å². The standard InChI is InChI=1S/C15H13FN2O/c1-9-7-10(2)18-15(11(9)8-17)14-12(16)5-4-6-13(14)19-3/h4-7H,1-3H3. The van der Waals surface area contributed by atoms with Gasteiger partial charge in [-0.05, 0) is 37.6 Å². The molecule has 0 bridgehead atoms. The van der Waals surface area contributed by atoms with Crippen LogP contribution in [0.1, 0.15) is 16.8 Å². The van der Waals surface area contributed by atoms with Crippen molar-refractivity contribution in [2.45, 2.75) is 13.8 Å². The van der Waals surface area contributed by atoms with Crippen LogP contribution in [-0.4, -0.2) is 12.1 Å². The second-order valence-corrected chi connectivity index (χ2v) is 4.23. The molecule has 0 saturated carbocycles. The van der Waals surface area contributed by atoms with Crippen LogP contribution in [0.4, 0.5) is 4.39 Å².